The molecule has 1 saturated carbocycles. The highest BCUT2D eigenvalue weighted by Crippen LogP contribution is 2.30. The molecular formula is C23H19FN4O2. The Kier molecular flexibility index (Phi) is 4.43. The van der Waals surface area contributed by atoms with Gasteiger partial charge in [-0.05, 0) is 67.3 Å². The molecule has 150 valence electrons. The number of aromatic nitrogens is 3. The van der Waals surface area contributed by atoms with Gasteiger partial charge in [-0.15, -0.1) is 0 Å². The molecule has 2 heterocycles. The summed E-state index contributed by atoms with van der Waals surface area (Å²) in [5.41, 5.74) is 4.40. The molecule has 0 bridgehead atoms. The molecule has 1 aliphatic rings. The van der Waals surface area contributed by atoms with Crippen LogP contribution in [0.1, 0.15) is 23.2 Å². The summed E-state index contributed by atoms with van der Waals surface area (Å²) in [7, 11) is 0. The number of rotatable bonds is 6. The predicted octanol–water partition coefficient (Wildman–Crippen LogP) is 4.75. The largest absolute Gasteiger partial charge is 0.478 e. The van der Waals surface area contributed by atoms with E-state index in [1.807, 2.05) is 22.9 Å². The number of hydrogen-bond acceptors (Lipinski definition) is 4. The predicted molar refractivity (Wildman–Crippen MR) is 112 cm³/mol. The number of fused-ring (bicyclic) bond motifs is 1. The van der Waals surface area contributed by atoms with E-state index in [1.54, 1.807) is 30.5 Å². The van der Waals surface area contributed by atoms with Gasteiger partial charge in [0, 0.05) is 24.0 Å². The molecule has 0 aliphatic heterocycles. The molecule has 4 aromatic rings. The standard InChI is InChI=1S/C23H19FN4O2/c24-16-5-3-15(4-6-16)21-13-26-19-9-10-28(22(19)27-21)17-7-8-18(23(29)30)20(11-17)25-12-14-1-2-14/h3-11,13-14,25H,1-2,12H2,(H,29,30). The number of carboxylic acids is 1. The van der Waals surface area contributed by atoms with Crippen LogP contribution in [0.4, 0.5) is 10.1 Å². The van der Waals surface area contributed by atoms with Gasteiger partial charge in [0.25, 0.3) is 0 Å². The van der Waals surface area contributed by atoms with Gasteiger partial charge in [-0.25, -0.2) is 14.2 Å². The molecule has 6 nitrogen and oxygen atoms in total. The molecule has 0 atom stereocenters. The highest BCUT2D eigenvalue weighted by molar-refractivity contribution is 5.95. The fourth-order valence-corrected chi connectivity index (χ4v) is 3.46. The maximum Gasteiger partial charge on any atom is 0.337 e. The third kappa shape index (κ3) is 3.50. The van der Waals surface area contributed by atoms with Gasteiger partial charge >= 0.3 is 5.97 Å². The van der Waals surface area contributed by atoms with Gasteiger partial charge in [-0.3, -0.25) is 9.55 Å². The van der Waals surface area contributed by atoms with Crippen LogP contribution in [0.15, 0.2) is 60.9 Å². The zero-order valence-electron chi connectivity index (χ0n) is 16.0. The minimum absolute atomic E-state index is 0.244. The maximum atomic E-state index is 13.2. The van der Waals surface area contributed by atoms with Gasteiger partial charge in [-0.1, -0.05) is 0 Å². The van der Waals surface area contributed by atoms with E-state index < -0.39 is 5.97 Å². The van der Waals surface area contributed by atoms with Crippen LogP contribution in [-0.2, 0) is 0 Å². The number of hydrogen-bond donors (Lipinski definition) is 2. The van der Waals surface area contributed by atoms with E-state index in [2.05, 4.69) is 10.3 Å². The SMILES string of the molecule is O=C(O)c1ccc(-n2ccc3ncc(-c4ccc(F)cc4)nc32)cc1NCC1CC1. The van der Waals surface area contributed by atoms with Gasteiger partial charge < -0.3 is 10.4 Å². The van der Waals surface area contributed by atoms with Gasteiger partial charge in [0.05, 0.1) is 23.1 Å². The first-order chi connectivity index (χ1) is 14.6. The molecule has 0 unspecified atom stereocenters. The van der Waals surface area contributed by atoms with Crippen molar-refractivity contribution >= 4 is 22.8 Å². The smallest absolute Gasteiger partial charge is 0.337 e. The van der Waals surface area contributed by atoms with Gasteiger partial charge in [0.15, 0.2) is 5.65 Å². The summed E-state index contributed by atoms with van der Waals surface area (Å²) in [4.78, 5) is 20.8. The van der Waals surface area contributed by atoms with Crippen LogP contribution in [0.2, 0.25) is 0 Å². The van der Waals surface area contributed by atoms with E-state index in [0.29, 0.717) is 22.9 Å². The Balaban J connectivity index is 1.56. The lowest BCUT2D eigenvalue weighted by atomic mass is 10.1. The Hall–Kier alpha value is -3.74. The quantitative estimate of drug-likeness (QED) is 0.487. The molecule has 1 aliphatic carbocycles. The second kappa shape index (κ2) is 7.26. The number of halogens is 1. The van der Waals surface area contributed by atoms with Crippen molar-refractivity contribution in [2.45, 2.75) is 12.8 Å². The molecule has 7 heteroatoms. The molecule has 1 fully saturated rings. The minimum atomic E-state index is -0.962. The Morgan fingerprint density at radius 3 is 2.70 bits per heavy atom. The van der Waals surface area contributed by atoms with Crippen molar-refractivity contribution < 1.29 is 14.3 Å². The van der Waals surface area contributed by atoms with Gasteiger partial charge in [-0.2, -0.15) is 0 Å². The average Bonchev–Trinajstić information content (AvgIpc) is 3.49. The second-order valence-electron chi connectivity index (χ2n) is 7.52. The summed E-state index contributed by atoms with van der Waals surface area (Å²) in [6.07, 6.45) is 5.88. The van der Waals surface area contributed by atoms with Crippen LogP contribution in [0.5, 0.6) is 0 Å². The minimum Gasteiger partial charge on any atom is -0.478 e. The fourth-order valence-electron chi connectivity index (χ4n) is 3.46. The molecule has 2 aromatic carbocycles. The molecule has 0 spiro atoms. The van der Waals surface area contributed by atoms with E-state index in [0.717, 1.165) is 23.3 Å². The molecule has 0 saturated heterocycles. The number of carboxylic acid groups (broad SMARTS) is 1. The van der Waals surface area contributed by atoms with Crippen molar-refractivity contribution in [1.29, 1.82) is 0 Å². The Labute approximate surface area is 172 Å². The molecule has 2 N–H and O–H groups in total. The molecule has 2 aromatic heterocycles. The van der Waals surface area contributed by atoms with E-state index in [4.69, 9.17) is 4.98 Å². The van der Waals surface area contributed by atoms with E-state index in [9.17, 15) is 14.3 Å². The third-order valence-corrected chi connectivity index (χ3v) is 5.32. The van der Waals surface area contributed by atoms with Crippen LogP contribution in [-0.4, -0.2) is 32.2 Å². The fraction of sp³-hybridized carbons (Fsp3) is 0.174. The Morgan fingerprint density at radius 1 is 1.17 bits per heavy atom. The zero-order chi connectivity index (χ0) is 20.7. The lowest BCUT2D eigenvalue weighted by molar-refractivity contribution is 0.0698. The number of nitrogens with one attached hydrogen (secondary N) is 1. The van der Waals surface area contributed by atoms with Crippen LogP contribution >= 0.6 is 0 Å². The topological polar surface area (TPSA) is 80.0 Å². The van der Waals surface area contributed by atoms with Crippen molar-refractivity contribution in [3.05, 3.63) is 72.3 Å². The Morgan fingerprint density at radius 2 is 1.97 bits per heavy atom. The van der Waals surface area contributed by atoms with Crippen molar-refractivity contribution in [3.63, 3.8) is 0 Å². The summed E-state index contributed by atoms with van der Waals surface area (Å²) in [6.45, 7) is 0.769. The van der Waals surface area contributed by atoms with Gasteiger partial charge in [0.1, 0.15) is 11.3 Å². The third-order valence-electron chi connectivity index (χ3n) is 5.32. The average molecular weight is 402 g/mol. The normalized spacial score (nSPS) is 13.5. The van der Waals surface area contributed by atoms with Crippen molar-refractivity contribution in [3.8, 4) is 16.9 Å². The Bertz CT molecular complexity index is 1250. The van der Waals surface area contributed by atoms with Crippen LogP contribution in [0.3, 0.4) is 0 Å². The van der Waals surface area contributed by atoms with Gasteiger partial charge in [0.2, 0.25) is 0 Å². The molecule has 30 heavy (non-hydrogen) atoms. The summed E-state index contributed by atoms with van der Waals surface area (Å²) in [5.74, 6) is -0.650. The number of aromatic carboxylic acids is 1. The van der Waals surface area contributed by atoms with E-state index >= 15 is 0 Å². The second-order valence-corrected chi connectivity index (χ2v) is 7.52. The lowest BCUT2D eigenvalue weighted by Crippen LogP contribution is -2.10. The summed E-state index contributed by atoms with van der Waals surface area (Å²) in [5, 5.41) is 12.8. The molecule has 5 rings (SSSR count). The van der Waals surface area contributed by atoms with Crippen LogP contribution in [0, 0.1) is 11.7 Å². The first kappa shape index (κ1) is 18.3. The van der Waals surface area contributed by atoms with Crippen molar-refractivity contribution in [2.75, 3.05) is 11.9 Å². The highest BCUT2D eigenvalue weighted by atomic mass is 19.1. The van der Waals surface area contributed by atoms with Crippen LogP contribution < -0.4 is 5.32 Å². The number of carbonyl (C=O) groups is 1. The number of anilines is 1. The molecule has 0 amide bonds. The summed E-state index contributed by atoms with van der Waals surface area (Å²) in [6, 6.07) is 13.2. The maximum absolute atomic E-state index is 13.2. The number of benzene rings is 2. The van der Waals surface area contributed by atoms with E-state index in [1.165, 1.54) is 25.0 Å². The monoisotopic (exact) mass is 402 g/mol. The van der Waals surface area contributed by atoms with Crippen LogP contribution in [0.25, 0.3) is 28.1 Å². The van der Waals surface area contributed by atoms with Crippen molar-refractivity contribution in [2.24, 2.45) is 5.92 Å². The number of nitrogens with zero attached hydrogens (tertiary/aromatic N) is 3. The lowest BCUT2D eigenvalue weighted by Gasteiger charge is -2.13. The van der Waals surface area contributed by atoms with E-state index in [-0.39, 0.29) is 11.4 Å². The highest BCUT2D eigenvalue weighted by Gasteiger charge is 2.22. The zero-order valence-corrected chi connectivity index (χ0v) is 16.0. The molecular weight excluding hydrogens is 383 g/mol. The first-order valence-electron chi connectivity index (χ1n) is 9.80. The summed E-state index contributed by atoms with van der Waals surface area (Å²) >= 11 is 0. The molecule has 0 radical (unpaired) electrons. The first-order valence-corrected chi connectivity index (χ1v) is 9.80. The summed E-state index contributed by atoms with van der Waals surface area (Å²) < 4.78 is 15.1. The van der Waals surface area contributed by atoms with Crippen molar-refractivity contribution in [1.82, 2.24) is 14.5 Å².